The number of hydrogen-bond acceptors (Lipinski definition) is 4. The molecule has 58 valence electrons. The van der Waals surface area contributed by atoms with Crippen LogP contribution in [0.5, 0.6) is 0 Å². The molecule has 0 saturated carbocycles. The van der Waals surface area contributed by atoms with Crippen LogP contribution in [0.2, 0.25) is 0 Å². The summed E-state index contributed by atoms with van der Waals surface area (Å²) in [6.45, 7) is 0.881. The van der Waals surface area contributed by atoms with E-state index in [0.29, 0.717) is 13.2 Å². The molecule has 2 heterocycles. The van der Waals surface area contributed by atoms with Gasteiger partial charge in [0.25, 0.3) is 0 Å². The van der Waals surface area contributed by atoms with Crippen LogP contribution in [0.4, 0.5) is 0 Å². The Kier molecular flexibility index (Phi) is 1.42. The summed E-state index contributed by atoms with van der Waals surface area (Å²) >= 11 is 0. The molecular formula is C6H11NO3. The van der Waals surface area contributed by atoms with Gasteiger partial charge in [0, 0.05) is 6.54 Å². The molecule has 0 aromatic heterocycles. The predicted octanol–water partition coefficient (Wildman–Crippen LogP) is -1.92. The lowest BCUT2D eigenvalue weighted by atomic mass is 10.1. The van der Waals surface area contributed by atoms with Gasteiger partial charge in [-0.1, -0.05) is 0 Å². The summed E-state index contributed by atoms with van der Waals surface area (Å²) in [6.07, 6.45) is -1.07. The number of rotatable bonds is 0. The van der Waals surface area contributed by atoms with Crippen LogP contribution in [0.15, 0.2) is 0 Å². The molecule has 2 aliphatic rings. The molecule has 0 spiro atoms. The highest BCUT2D eigenvalue weighted by Crippen LogP contribution is 2.21. The Morgan fingerprint density at radius 2 is 2.10 bits per heavy atom. The average molecular weight is 145 g/mol. The second kappa shape index (κ2) is 2.17. The summed E-state index contributed by atoms with van der Waals surface area (Å²) in [6, 6.07) is -0.0463. The number of hydrogen-bond donors (Lipinski definition) is 3. The highest BCUT2D eigenvalue weighted by molar-refractivity contribution is 4.99. The summed E-state index contributed by atoms with van der Waals surface area (Å²) in [4.78, 5) is 0. The van der Waals surface area contributed by atoms with Crippen LogP contribution < -0.4 is 5.32 Å². The highest BCUT2D eigenvalue weighted by Gasteiger charge is 2.44. The highest BCUT2D eigenvalue weighted by atomic mass is 16.5. The van der Waals surface area contributed by atoms with Crippen LogP contribution in [0.1, 0.15) is 0 Å². The molecule has 0 amide bonds. The van der Waals surface area contributed by atoms with Gasteiger partial charge in [0.15, 0.2) is 0 Å². The zero-order valence-electron chi connectivity index (χ0n) is 5.53. The van der Waals surface area contributed by atoms with Crippen LogP contribution in [-0.2, 0) is 4.74 Å². The fourth-order valence-corrected chi connectivity index (χ4v) is 1.61. The van der Waals surface area contributed by atoms with E-state index < -0.39 is 12.2 Å². The molecular weight excluding hydrogens is 134 g/mol. The molecule has 3 N–H and O–H groups in total. The van der Waals surface area contributed by atoms with Gasteiger partial charge in [0.1, 0.15) is 6.10 Å². The van der Waals surface area contributed by atoms with E-state index in [0.717, 1.165) is 0 Å². The summed E-state index contributed by atoms with van der Waals surface area (Å²) in [5.41, 5.74) is 0. The molecule has 0 aromatic carbocycles. The number of nitrogens with one attached hydrogen (secondary N) is 1. The van der Waals surface area contributed by atoms with E-state index in [1.165, 1.54) is 0 Å². The van der Waals surface area contributed by atoms with Gasteiger partial charge in [-0.15, -0.1) is 0 Å². The number of aliphatic hydroxyl groups is 2. The third-order valence-electron chi connectivity index (χ3n) is 2.17. The molecule has 4 atom stereocenters. The summed E-state index contributed by atoms with van der Waals surface area (Å²) in [5, 5.41) is 21.4. The first kappa shape index (κ1) is 6.54. The van der Waals surface area contributed by atoms with Gasteiger partial charge in [-0.3, -0.25) is 0 Å². The Balaban J connectivity index is 2.09. The SMILES string of the molecule is O[C@@H]1CN[C@H]2[C@@H]1OC[C@@H]2O. The quantitative estimate of drug-likeness (QED) is 0.372. The van der Waals surface area contributed by atoms with Gasteiger partial charge in [-0.05, 0) is 0 Å². The zero-order chi connectivity index (χ0) is 7.14. The molecule has 0 unspecified atom stereocenters. The average Bonchev–Trinajstić information content (AvgIpc) is 2.41. The molecule has 4 heteroatoms. The molecule has 2 fully saturated rings. The van der Waals surface area contributed by atoms with Crippen molar-refractivity contribution in [3.05, 3.63) is 0 Å². The van der Waals surface area contributed by atoms with Crippen molar-refractivity contribution in [2.24, 2.45) is 0 Å². The monoisotopic (exact) mass is 145 g/mol. The van der Waals surface area contributed by atoms with Crippen molar-refractivity contribution in [1.29, 1.82) is 0 Å². The number of β-amino-alcohol motifs (C(OH)–C–C–N with tert-alkyl or cyclic N) is 1. The third kappa shape index (κ3) is 0.769. The third-order valence-corrected chi connectivity index (χ3v) is 2.17. The van der Waals surface area contributed by atoms with Crippen molar-refractivity contribution in [2.75, 3.05) is 13.2 Å². The lowest BCUT2D eigenvalue weighted by Crippen LogP contribution is -2.36. The lowest BCUT2D eigenvalue weighted by Gasteiger charge is -2.10. The predicted molar refractivity (Wildman–Crippen MR) is 33.5 cm³/mol. The second-order valence-electron chi connectivity index (χ2n) is 2.87. The van der Waals surface area contributed by atoms with E-state index in [-0.39, 0.29) is 12.1 Å². The Hall–Kier alpha value is -0.160. The van der Waals surface area contributed by atoms with Gasteiger partial charge in [0.05, 0.1) is 24.9 Å². The van der Waals surface area contributed by atoms with Crippen molar-refractivity contribution in [3.63, 3.8) is 0 Å². The molecule has 4 nitrogen and oxygen atoms in total. The summed E-state index contributed by atoms with van der Waals surface area (Å²) in [5.74, 6) is 0. The molecule has 10 heavy (non-hydrogen) atoms. The molecule has 2 saturated heterocycles. The summed E-state index contributed by atoms with van der Waals surface area (Å²) in [7, 11) is 0. The normalized spacial score (nSPS) is 53.4. The molecule has 0 bridgehead atoms. The minimum absolute atomic E-state index is 0.0463. The van der Waals surface area contributed by atoms with E-state index in [9.17, 15) is 10.2 Å². The van der Waals surface area contributed by atoms with Crippen LogP contribution in [0, 0.1) is 0 Å². The fraction of sp³-hybridized carbons (Fsp3) is 1.00. The summed E-state index contributed by atoms with van der Waals surface area (Å²) < 4.78 is 5.14. The van der Waals surface area contributed by atoms with Crippen molar-refractivity contribution < 1.29 is 14.9 Å². The maximum Gasteiger partial charge on any atom is 0.103 e. The zero-order valence-corrected chi connectivity index (χ0v) is 5.53. The van der Waals surface area contributed by atoms with E-state index >= 15 is 0 Å². The number of fused-ring (bicyclic) bond motifs is 1. The second-order valence-corrected chi connectivity index (χ2v) is 2.87. The largest absolute Gasteiger partial charge is 0.389 e. The Labute approximate surface area is 58.8 Å². The van der Waals surface area contributed by atoms with Crippen LogP contribution in [0.3, 0.4) is 0 Å². The molecule has 0 radical (unpaired) electrons. The van der Waals surface area contributed by atoms with Crippen LogP contribution >= 0.6 is 0 Å². The first-order valence-electron chi connectivity index (χ1n) is 3.50. The maximum absolute atomic E-state index is 9.22. The van der Waals surface area contributed by atoms with Crippen molar-refractivity contribution >= 4 is 0 Å². The van der Waals surface area contributed by atoms with Crippen molar-refractivity contribution in [3.8, 4) is 0 Å². The topological polar surface area (TPSA) is 61.7 Å². The molecule has 2 rings (SSSR count). The Bertz CT molecular complexity index is 125. The van der Waals surface area contributed by atoms with Gasteiger partial charge in [0.2, 0.25) is 0 Å². The van der Waals surface area contributed by atoms with E-state index in [4.69, 9.17) is 4.74 Å². The number of aliphatic hydroxyl groups excluding tert-OH is 2. The smallest absolute Gasteiger partial charge is 0.103 e. The fourth-order valence-electron chi connectivity index (χ4n) is 1.61. The minimum atomic E-state index is -0.442. The molecule has 0 aliphatic carbocycles. The van der Waals surface area contributed by atoms with E-state index in [2.05, 4.69) is 5.32 Å². The minimum Gasteiger partial charge on any atom is -0.389 e. The first-order chi connectivity index (χ1) is 4.79. The Morgan fingerprint density at radius 1 is 1.30 bits per heavy atom. The van der Waals surface area contributed by atoms with Gasteiger partial charge in [-0.25, -0.2) is 0 Å². The van der Waals surface area contributed by atoms with Gasteiger partial charge >= 0.3 is 0 Å². The maximum atomic E-state index is 9.22. The standard InChI is InChI=1S/C6H11NO3/c8-3-1-7-5-4(9)2-10-6(3)5/h3-9H,1-2H2/t3-,4+,5-,6-/m1/s1. The van der Waals surface area contributed by atoms with E-state index in [1.807, 2.05) is 0 Å². The number of ether oxygens (including phenoxy) is 1. The van der Waals surface area contributed by atoms with Gasteiger partial charge in [-0.2, -0.15) is 0 Å². The van der Waals surface area contributed by atoms with Crippen LogP contribution in [0.25, 0.3) is 0 Å². The lowest BCUT2D eigenvalue weighted by molar-refractivity contribution is 0.0138. The van der Waals surface area contributed by atoms with E-state index in [1.54, 1.807) is 0 Å². The Morgan fingerprint density at radius 3 is 2.80 bits per heavy atom. The van der Waals surface area contributed by atoms with Crippen LogP contribution in [-0.4, -0.2) is 47.7 Å². The molecule has 2 aliphatic heterocycles. The van der Waals surface area contributed by atoms with Crippen molar-refractivity contribution in [2.45, 2.75) is 24.4 Å². The van der Waals surface area contributed by atoms with Gasteiger partial charge < -0.3 is 20.3 Å². The van der Waals surface area contributed by atoms with Crippen molar-refractivity contribution in [1.82, 2.24) is 5.32 Å². The molecule has 0 aromatic rings. The first-order valence-corrected chi connectivity index (χ1v) is 3.50.